The molecule has 0 aromatic heterocycles. The Kier molecular flexibility index (Phi) is 7.08. The quantitative estimate of drug-likeness (QED) is 0.720. The van der Waals surface area contributed by atoms with Crippen LogP contribution in [0, 0.1) is 6.92 Å². The average Bonchev–Trinajstić information content (AvgIpc) is 2.75. The van der Waals surface area contributed by atoms with Crippen LogP contribution in [-0.4, -0.2) is 72.7 Å². The molecule has 154 valence electrons. The van der Waals surface area contributed by atoms with Crippen LogP contribution in [0.1, 0.15) is 15.9 Å². The SMILES string of the molecule is Cc1ccc(C(=O)OCC(=O)N2CCN(CCOc3ccccc3)CC2)cc1O. The van der Waals surface area contributed by atoms with Gasteiger partial charge in [-0.05, 0) is 36.8 Å². The lowest BCUT2D eigenvalue weighted by molar-refractivity contribution is -0.136. The molecule has 0 spiro atoms. The Morgan fingerprint density at radius 2 is 1.76 bits per heavy atom. The fraction of sp³-hybridized carbons (Fsp3) is 0.364. The van der Waals surface area contributed by atoms with E-state index in [1.165, 1.54) is 6.07 Å². The largest absolute Gasteiger partial charge is 0.508 e. The lowest BCUT2D eigenvalue weighted by Gasteiger charge is -2.34. The van der Waals surface area contributed by atoms with E-state index in [0.717, 1.165) is 25.4 Å². The van der Waals surface area contributed by atoms with Gasteiger partial charge in [0.25, 0.3) is 5.91 Å². The minimum atomic E-state index is -0.620. The van der Waals surface area contributed by atoms with E-state index in [-0.39, 0.29) is 23.8 Å². The van der Waals surface area contributed by atoms with Crippen LogP contribution in [-0.2, 0) is 9.53 Å². The number of nitrogens with zero attached hydrogens (tertiary/aromatic N) is 2. The highest BCUT2D eigenvalue weighted by atomic mass is 16.5. The van der Waals surface area contributed by atoms with Crippen LogP contribution in [0.2, 0.25) is 0 Å². The van der Waals surface area contributed by atoms with Crippen molar-refractivity contribution in [2.45, 2.75) is 6.92 Å². The number of para-hydroxylation sites is 1. The van der Waals surface area contributed by atoms with E-state index >= 15 is 0 Å². The molecule has 7 nitrogen and oxygen atoms in total. The highest BCUT2D eigenvalue weighted by Gasteiger charge is 2.22. The third kappa shape index (κ3) is 5.96. The fourth-order valence-corrected chi connectivity index (χ4v) is 3.07. The summed E-state index contributed by atoms with van der Waals surface area (Å²) in [5, 5.41) is 9.68. The number of phenols is 1. The lowest BCUT2D eigenvalue weighted by Crippen LogP contribution is -2.50. The van der Waals surface area contributed by atoms with Gasteiger partial charge in [0.05, 0.1) is 5.56 Å². The van der Waals surface area contributed by atoms with Crippen molar-refractivity contribution in [3.8, 4) is 11.5 Å². The summed E-state index contributed by atoms with van der Waals surface area (Å²) in [5.41, 5.74) is 0.897. The molecule has 0 aliphatic carbocycles. The molecule has 1 aliphatic rings. The van der Waals surface area contributed by atoms with Gasteiger partial charge in [0.15, 0.2) is 6.61 Å². The fourth-order valence-electron chi connectivity index (χ4n) is 3.07. The zero-order valence-corrected chi connectivity index (χ0v) is 16.5. The Morgan fingerprint density at radius 1 is 1.03 bits per heavy atom. The number of hydrogen-bond acceptors (Lipinski definition) is 6. The number of hydrogen-bond donors (Lipinski definition) is 1. The minimum absolute atomic E-state index is 0.0261. The third-order valence-corrected chi connectivity index (χ3v) is 4.92. The molecular formula is C22H26N2O5. The molecule has 2 aromatic carbocycles. The number of esters is 1. The first-order chi connectivity index (χ1) is 14.0. The van der Waals surface area contributed by atoms with E-state index in [2.05, 4.69) is 4.90 Å². The molecule has 1 fully saturated rings. The van der Waals surface area contributed by atoms with Gasteiger partial charge in [-0.3, -0.25) is 9.69 Å². The number of carbonyl (C=O) groups excluding carboxylic acids is 2. The number of rotatable bonds is 7. The molecule has 7 heteroatoms. The van der Waals surface area contributed by atoms with Gasteiger partial charge < -0.3 is 19.5 Å². The van der Waals surface area contributed by atoms with Crippen LogP contribution in [0.3, 0.4) is 0 Å². The Bertz CT molecular complexity index is 832. The normalized spacial score (nSPS) is 14.4. The molecule has 3 rings (SSSR count). The predicted molar refractivity (Wildman–Crippen MR) is 108 cm³/mol. The van der Waals surface area contributed by atoms with Gasteiger partial charge in [0.2, 0.25) is 0 Å². The van der Waals surface area contributed by atoms with E-state index < -0.39 is 5.97 Å². The van der Waals surface area contributed by atoms with Gasteiger partial charge >= 0.3 is 5.97 Å². The van der Waals surface area contributed by atoms with Crippen LogP contribution in [0.25, 0.3) is 0 Å². The highest BCUT2D eigenvalue weighted by Crippen LogP contribution is 2.18. The average molecular weight is 398 g/mol. The number of ether oxygens (including phenoxy) is 2. The van der Waals surface area contributed by atoms with E-state index in [9.17, 15) is 14.7 Å². The van der Waals surface area contributed by atoms with Gasteiger partial charge in [-0.25, -0.2) is 4.79 Å². The summed E-state index contributed by atoms with van der Waals surface area (Å²) in [6.45, 7) is 5.52. The molecule has 0 unspecified atom stereocenters. The number of carbonyl (C=O) groups is 2. The number of amides is 1. The van der Waals surface area contributed by atoms with Crippen molar-refractivity contribution in [3.05, 3.63) is 59.7 Å². The summed E-state index contributed by atoms with van der Waals surface area (Å²) < 4.78 is 10.8. The molecule has 2 aromatic rings. The smallest absolute Gasteiger partial charge is 0.338 e. The molecule has 0 atom stereocenters. The number of piperazine rings is 1. The van der Waals surface area contributed by atoms with Crippen molar-refractivity contribution in [3.63, 3.8) is 0 Å². The predicted octanol–water partition coefficient (Wildman–Crippen LogP) is 2.08. The van der Waals surface area contributed by atoms with Crippen LogP contribution in [0.15, 0.2) is 48.5 Å². The first-order valence-corrected chi connectivity index (χ1v) is 9.67. The van der Waals surface area contributed by atoms with Gasteiger partial charge in [-0.15, -0.1) is 0 Å². The van der Waals surface area contributed by atoms with Crippen molar-refractivity contribution in [1.82, 2.24) is 9.80 Å². The lowest BCUT2D eigenvalue weighted by atomic mass is 10.1. The maximum absolute atomic E-state index is 12.3. The Morgan fingerprint density at radius 3 is 2.45 bits per heavy atom. The van der Waals surface area contributed by atoms with Crippen LogP contribution < -0.4 is 4.74 Å². The highest BCUT2D eigenvalue weighted by molar-refractivity contribution is 5.91. The summed E-state index contributed by atoms with van der Waals surface area (Å²) in [5.74, 6) is 0.0448. The minimum Gasteiger partial charge on any atom is -0.508 e. The van der Waals surface area contributed by atoms with Crippen molar-refractivity contribution in [1.29, 1.82) is 0 Å². The number of aryl methyl sites for hydroxylation is 1. The molecular weight excluding hydrogens is 372 g/mol. The molecule has 1 aliphatic heterocycles. The van der Waals surface area contributed by atoms with Crippen molar-refractivity contribution >= 4 is 11.9 Å². The number of aromatic hydroxyl groups is 1. The molecule has 0 radical (unpaired) electrons. The topological polar surface area (TPSA) is 79.3 Å². The van der Waals surface area contributed by atoms with Gasteiger partial charge in [0.1, 0.15) is 18.1 Å². The van der Waals surface area contributed by atoms with Gasteiger partial charge in [-0.2, -0.15) is 0 Å². The standard InChI is InChI=1S/C22H26N2O5/c1-17-7-8-18(15-20(17)25)22(27)29-16-21(26)24-11-9-23(10-12-24)13-14-28-19-5-3-2-4-6-19/h2-8,15,25H,9-14,16H2,1H3. The zero-order valence-electron chi connectivity index (χ0n) is 16.5. The second-order valence-electron chi connectivity index (χ2n) is 6.96. The molecule has 1 heterocycles. The Hall–Kier alpha value is -3.06. The Balaban J connectivity index is 1.36. The van der Waals surface area contributed by atoms with E-state index in [1.807, 2.05) is 30.3 Å². The van der Waals surface area contributed by atoms with Crippen LogP contribution >= 0.6 is 0 Å². The molecule has 1 saturated heterocycles. The number of benzene rings is 2. The Labute approximate surface area is 170 Å². The first kappa shape index (κ1) is 20.7. The summed E-state index contributed by atoms with van der Waals surface area (Å²) in [7, 11) is 0. The maximum Gasteiger partial charge on any atom is 0.338 e. The summed E-state index contributed by atoms with van der Waals surface area (Å²) in [6, 6.07) is 14.2. The van der Waals surface area contributed by atoms with Crippen molar-refractivity contribution < 1.29 is 24.2 Å². The molecule has 0 saturated carbocycles. The molecule has 1 amide bonds. The van der Waals surface area contributed by atoms with Gasteiger partial charge in [0, 0.05) is 32.7 Å². The molecule has 0 bridgehead atoms. The number of phenolic OH excluding ortho intramolecular Hbond substituents is 1. The summed E-state index contributed by atoms with van der Waals surface area (Å²) in [4.78, 5) is 28.3. The molecule has 29 heavy (non-hydrogen) atoms. The zero-order chi connectivity index (χ0) is 20.6. The summed E-state index contributed by atoms with van der Waals surface area (Å²) in [6.07, 6.45) is 0. The van der Waals surface area contributed by atoms with E-state index in [1.54, 1.807) is 24.0 Å². The molecule has 1 N–H and O–H groups in total. The first-order valence-electron chi connectivity index (χ1n) is 9.67. The van der Waals surface area contributed by atoms with E-state index in [0.29, 0.717) is 25.3 Å². The van der Waals surface area contributed by atoms with E-state index in [4.69, 9.17) is 9.47 Å². The third-order valence-electron chi connectivity index (χ3n) is 4.92. The maximum atomic E-state index is 12.3. The second kappa shape index (κ2) is 9.93. The van der Waals surface area contributed by atoms with Crippen LogP contribution in [0.4, 0.5) is 0 Å². The van der Waals surface area contributed by atoms with Crippen molar-refractivity contribution in [2.75, 3.05) is 45.9 Å². The second-order valence-corrected chi connectivity index (χ2v) is 6.96. The monoisotopic (exact) mass is 398 g/mol. The van der Waals surface area contributed by atoms with Crippen molar-refractivity contribution in [2.24, 2.45) is 0 Å². The van der Waals surface area contributed by atoms with Crippen LogP contribution in [0.5, 0.6) is 11.5 Å². The van der Waals surface area contributed by atoms with Gasteiger partial charge in [-0.1, -0.05) is 24.3 Å². The summed E-state index contributed by atoms with van der Waals surface area (Å²) >= 11 is 0.